The van der Waals surface area contributed by atoms with Crippen molar-refractivity contribution >= 4 is 19.7 Å². The minimum atomic E-state index is 0. The normalized spacial score (nSPS) is 38.8. The number of fused-ring (bicyclic) bond motifs is 4. The maximum atomic E-state index is 13.2. The van der Waals surface area contributed by atoms with Gasteiger partial charge in [0.2, 0.25) is 11.8 Å². The fourth-order valence-corrected chi connectivity index (χ4v) is 11.0. The van der Waals surface area contributed by atoms with Crippen LogP contribution in [0, 0.1) is 41.4 Å². The molecule has 0 spiro atoms. The lowest BCUT2D eigenvalue weighted by atomic mass is 9.91. The van der Waals surface area contributed by atoms with Gasteiger partial charge in [0.15, 0.2) is 0 Å². The number of aromatic nitrogens is 2. The van der Waals surface area contributed by atoms with Crippen LogP contribution < -0.4 is 26.6 Å². The van der Waals surface area contributed by atoms with E-state index >= 15 is 0 Å². The Morgan fingerprint density at radius 3 is 2.19 bits per heavy atom. The van der Waals surface area contributed by atoms with Crippen molar-refractivity contribution in [3.63, 3.8) is 0 Å². The van der Waals surface area contributed by atoms with Crippen molar-refractivity contribution < 1.29 is 9.59 Å². The van der Waals surface area contributed by atoms with Crippen LogP contribution in [0.15, 0.2) is 0 Å². The molecule has 7 aliphatic rings. The topological polar surface area (TPSA) is 123 Å². The van der Waals surface area contributed by atoms with Crippen molar-refractivity contribution in [1.82, 2.24) is 36.6 Å². The van der Waals surface area contributed by atoms with Gasteiger partial charge in [0.25, 0.3) is 0 Å². The number of hydrogen-bond acceptors (Lipinski definition) is 6. The highest BCUT2D eigenvalue weighted by Crippen LogP contribution is 2.45. The van der Waals surface area contributed by atoms with Gasteiger partial charge in [-0.1, -0.05) is 29.2 Å². The fraction of sp³-hybridized carbons (Fsp3) is 0.865. The molecule has 262 valence electrons. The number of hydrogen-bond donors (Lipinski definition) is 6. The Morgan fingerprint density at radius 1 is 0.809 bits per heavy atom. The first-order valence-electron chi connectivity index (χ1n) is 18.0. The lowest BCUT2D eigenvalue weighted by molar-refractivity contribution is -0.125. The van der Waals surface area contributed by atoms with Crippen LogP contribution in [0.1, 0.15) is 117 Å². The zero-order valence-electron chi connectivity index (χ0n) is 26.5. The van der Waals surface area contributed by atoms with Gasteiger partial charge in [-0.05, 0) is 120 Å². The second-order valence-electron chi connectivity index (χ2n) is 16.0. The van der Waals surface area contributed by atoms with Crippen LogP contribution in [0.25, 0.3) is 0 Å². The van der Waals surface area contributed by atoms with E-state index in [0.717, 1.165) is 63.8 Å². The van der Waals surface area contributed by atoms with Crippen molar-refractivity contribution in [3.8, 4) is 0 Å². The third-order valence-electron chi connectivity index (χ3n) is 13.1. The molecular formula is C37H64BN7O2. The molecule has 10 heteroatoms. The molecule has 13 atom stereocenters. The molecule has 1 aromatic rings. The number of rotatable bonds is 9. The molecule has 2 amide bonds. The standard InChI is InChI=1S/C34H52BN7O2.3CH4/c1-17(4-25-8-19-6-24(13-27(19)39-25)34(44)38-16-35)15-37-33(43)23-7-20-9-28(40-29(20)14-23)21-10-30-31(11-21)42-32(41-30)22-5-18-2-3-36-26(18)12-22;;;/h17-29,36,39-40H,2-16H2,1H3,(H,37,43)(H,38,44)(H,41,42);3*1H4/t17?,18-,19-,20+,22+,23+,24-,25+,26+,27-,28+,29+;;;/m1.../s1. The maximum Gasteiger partial charge on any atom is 0.223 e. The summed E-state index contributed by atoms with van der Waals surface area (Å²) in [6.07, 6.45) is 13.6. The summed E-state index contributed by atoms with van der Waals surface area (Å²) in [5, 5.41) is 17.6. The highest BCUT2D eigenvalue weighted by Gasteiger charge is 2.48. The second-order valence-corrected chi connectivity index (χ2v) is 16.0. The number of nitrogens with zero attached hydrogens (tertiary/aromatic N) is 1. The summed E-state index contributed by atoms with van der Waals surface area (Å²) >= 11 is 0. The molecule has 0 bridgehead atoms. The Bertz CT molecular complexity index is 1180. The largest absolute Gasteiger partial charge is 0.365 e. The van der Waals surface area contributed by atoms with Crippen molar-refractivity contribution in [3.05, 3.63) is 17.2 Å². The van der Waals surface area contributed by atoms with E-state index in [2.05, 4.69) is 38.5 Å². The highest BCUT2D eigenvalue weighted by atomic mass is 16.2. The summed E-state index contributed by atoms with van der Waals surface area (Å²) in [6, 6.07) is 2.69. The molecule has 4 heterocycles. The lowest BCUT2D eigenvalue weighted by Crippen LogP contribution is -2.39. The summed E-state index contributed by atoms with van der Waals surface area (Å²) in [5.74, 6) is 5.62. The zero-order valence-corrected chi connectivity index (χ0v) is 26.5. The molecule has 1 aromatic heterocycles. The Hall–Kier alpha value is -1.91. The van der Waals surface area contributed by atoms with Crippen LogP contribution >= 0.6 is 0 Å². The minimum absolute atomic E-state index is 0. The molecule has 47 heavy (non-hydrogen) atoms. The van der Waals surface area contributed by atoms with E-state index in [9.17, 15) is 9.59 Å². The van der Waals surface area contributed by atoms with E-state index < -0.39 is 0 Å². The fourth-order valence-electron chi connectivity index (χ4n) is 11.0. The van der Waals surface area contributed by atoms with Crippen molar-refractivity contribution in [1.29, 1.82) is 0 Å². The number of carbonyl (C=O) groups excluding carboxylic acids is 2. The number of aromatic amines is 1. The van der Waals surface area contributed by atoms with E-state index in [-0.39, 0.29) is 52.4 Å². The number of amides is 2. The first kappa shape index (κ1) is 36.4. The summed E-state index contributed by atoms with van der Waals surface area (Å²) in [5.41, 5.74) is 2.73. The molecular weight excluding hydrogens is 585 g/mol. The van der Waals surface area contributed by atoms with Crippen molar-refractivity contribution in [2.24, 2.45) is 41.4 Å². The lowest BCUT2D eigenvalue weighted by Gasteiger charge is -2.22. The monoisotopic (exact) mass is 650 g/mol. The smallest absolute Gasteiger partial charge is 0.223 e. The Kier molecular flexibility index (Phi) is 11.5. The zero-order chi connectivity index (χ0) is 29.9. The molecule has 6 fully saturated rings. The number of carbonyl (C=O) groups is 2. The predicted molar refractivity (Wildman–Crippen MR) is 190 cm³/mol. The molecule has 3 aliphatic heterocycles. The van der Waals surface area contributed by atoms with Gasteiger partial charge >= 0.3 is 0 Å². The van der Waals surface area contributed by atoms with Crippen LogP contribution in [0.2, 0.25) is 0 Å². The summed E-state index contributed by atoms with van der Waals surface area (Å²) < 4.78 is 0. The van der Waals surface area contributed by atoms with Crippen LogP contribution in [0.3, 0.4) is 0 Å². The summed E-state index contributed by atoms with van der Waals surface area (Å²) in [4.78, 5) is 34.3. The average Bonchev–Trinajstić information content (AvgIpc) is 3.80. The first-order valence-corrected chi connectivity index (χ1v) is 18.0. The van der Waals surface area contributed by atoms with Gasteiger partial charge in [-0.3, -0.25) is 9.59 Å². The van der Waals surface area contributed by atoms with E-state index in [1.54, 1.807) is 0 Å². The van der Waals surface area contributed by atoms with Crippen LogP contribution in [0.5, 0.6) is 0 Å². The Balaban J connectivity index is 0.00000144. The Morgan fingerprint density at radius 2 is 1.51 bits per heavy atom. The molecule has 8 rings (SSSR count). The third-order valence-corrected chi connectivity index (χ3v) is 13.1. The molecule has 1 unspecified atom stereocenters. The van der Waals surface area contributed by atoms with Gasteiger partial charge < -0.3 is 31.6 Å². The molecule has 2 radical (unpaired) electrons. The molecule has 3 saturated heterocycles. The molecule has 3 saturated carbocycles. The van der Waals surface area contributed by atoms with Gasteiger partial charge in [0, 0.05) is 60.2 Å². The van der Waals surface area contributed by atoms with Gasteiger partial charge in [-0.25, -0.2) is 4.98 Å². The molecule has 4 aliphatic carbocycles. The van der Waals surface area contributed by atoms with E-state index in [1.165, 1.54) is 49.4 Å². The van der Waals surface area contributed by atoms with Gasteiger partial charge in [0.05, 0.1) is 13.5 Å². The predicted octanol–water partition coefficient (Wildman–Crippen LogP) is 3.79. The third kappa shape index (κ3) is 7.21. The van der Waals surface area contributed by atoms with Gasteiger partial charge in [-0.15, -0.1) is 0 Å². The summed E-state index contributed by atoms with van der Waals surface area (Å²) in [6.45, 7) is 4.21. The van der Waals surface area contributed by atoms with Gasteiger partial charge in [0.1, 0.15) is 5.82 Å². The first-order chi connectivity index (χ1) is 21.4. The minimum Gasteiger partial charge on any atom is -0.365 e. The Labute approximate surface area is 285 Å². The highest BCUT2D eigenvalue weighted by molar-refractivity contribution is 6.10. The number of nitrogens with one attached hydrogen (secondary N) is 6. The quantitative estimate of drug-likeness (QED) is 0.227. The van der Waals surface area contributed by atoms with Gasteiger partial charge in [-0.2, -0.15) is 0 Å². The van der Waals surface area contributed by atoms with Crippen LogP contribution in [-0.2, 0) is 22.4 Å². The molecule has 9 nitrogen and oxygen atoms in total. The van der Waals surface area contributed by atoms with Crippen LogP contribution in [-0.4, -0.2) is 79.4 Å². The SMILES string of the molecule is C.C.C.[B]CNC(=O)[C@@H]1C[C@@H]2C[C@H](CC(C)CNC(=O)[C@H]3C[C@H]4C[C@@H]([C@H]5Cc6nc([C@H]7C[C@H]8CCN[C@H]8C7)[nH]c6C5)N[C@H]4C3)N[C@@H]2C1. The number of H-pyrrole nitrogens is 1. The van der Waals surface area contributed by atoms with Crippen molar-refractivity contribution in [2.45, 2.75) is 142 Å². The van der Waals surface area contributed by atoms with E-state index in [0.29, 0.717) is 59.8 Å². The molecule has 6 N–H and O–H groups in total. The maximum absolute atomic E-state index is 13.2. The summed E-state index contributed by atoms with van der Waals surface area (Å²) in [7, 11) is 5.49. The van der Waals surface area contributed by atoms with Crippen molar-refractivity contribution in [2.75, 3.05) is 19.5 Å². The van der Waals surface area contributed by atoms with E-state index in [4.69, 9.17) is 12.8 Å². The second kappa shape index (κ2) is 14.9. The number of imidazole rings is 1. The van der Waals surface area contributed by atoms with Crippen LogP contribution in [0.4, 0.5) is 0 Å². The van der Waals surface area contributed by atoms with E-state index in [1.807, 2.05) is 0 Å². The average molecular weight is 650 g/mol. The molecule has 0 aromatic carbocycles.